The third-order valence-corrected chi connectivity index (χ3v) is 5.79. The van der Waals surface area contributed by atoms with Gasteiger partial charge < -0.3 is 33.5 Å². The van der Waals surface area contributed by atoms with E-state index in [0.717, 1.165) is 0 Å². The number of aromatic nitrogens is 2. The van der Waals surface area contributed by atoms with Crippen LogP contribution in [0.1, 0.15) is 10.4 Å². The van der Waals surface area contributed by atoms with Crippen LogP contribution in [0.15, 0.2) is 42.5 Å². The van der Waals surface area contributed by atoms with Crippen molar-refractivity contribution in [3.8, 4) is 57.0 Å². The molecule has 0 spiro atoms. The van der Waals surface area contributed by atoms with Crippen LogP contribution in [0.3, 0.4) is 0 Å². The van der Waals surface area contributed by atoms with Crippen molar-refractivity contribution in [2.75, 3.05) is 42.7 Å². The second kappa shape index (κ2) is 10.5. The maximum absolute atomic E-state index is 11.6. The minimum atomic E-state index is -1.06. The fraction of sp³-hybridized carbons (Fsp3) is 0.222. The zero-order valence-electron chi connectivity index (χ0n) is 21.2. The molecule has 0 aliphatic rings. The van der Waals surface area contributed by atoms with Crippen LogP contribution in [-0.4, -0.2) is 63.7 Å². The van der Waals surface area contributed by atoms with E-state index in [2.05, 4.69) is 0 Å². The first kappa shape index (κ1) is 25.4. The molecule has 37 heavy (non-hydrogen) atoms. The molecule has 0 aliphatic carbocycles. The lowest BCUT2D eigenvalue weighted by molar-refractivity contribution is 0.0697. The van der Waals surface area contributed by atoms with Gasteiger partial charge in [0.1, 0.15) is 0 Å². The lowest BCUT2D eigenvalue weighted by atomic mass is 10.0. The molecular formula is C27H26N2O8. The van der Waals surface area contributed by atoms with E-state index < -0.39 is 5.97 Å². The van der Waals surface area contributed by atoms with Gasteiger partial charge in [-0.1, -0.05) is 0 Å². The SMILES string of the molecule is COc1cc(-c2nc3ccc(C(=O)O)cc3nc2-c2cc(OC)c(OC)c(OC)c2)cc(OC)c1OC. The Hall–Kier alpha value is -4.73. The Labute approximate surface area is 213 Å². The number of fused-ring (bicyclic) bond motifs is 1. The van der Waals surface area contributed by atoms with E-state index in [1.165, 1.54) is 54.8 Å². The maximum atomic E-state index is 11.6. The number of carboxylic acid groups (broad SMARTS) is 1. The molecule has 0 atom stereocenters. The van der Waals surface area contributed by atoms with Crippen molar-refractivity contribution in [2.24, 2.45) is 0 Å². The molecule has 1 heterocycles. The van der Waals surface area contributed by atoms with E-state index in [9.17, 15) is 9.90 Å². The van der Waals surface area contributed by atoms with Crippen molar-refractivity contribution in [3.05, 3.63) is 48.0 Å². The summed E-state index contributed by atoms with van der Waals surface area (Å²) in [5.74, 6) is 1.52. The number of methoxy groups -OCH3 is 6. The predicted octanol–water partition coefficient (Wildman–Crippen LogP) is 4.71. The molecule has 0 amide bonds. The van der Waals surface area contributed by atoms with Crippen LogP contribution in [-0.2, 0) is 0 Å². The van der Waals surface area contributed by atoms with Crippen LogP contribution in [0, 0.1) is 0 Å². The van der Waals surface area contributed by atoms with Crippen molar-refractivity contribution in [1.29, 1.82) is 0 Å². The van der Waals surface area contributed by atoms with Gasteiger partial charge in [0.25, 0.3) is 0 Å². The molecule has 0 fully saturated rings. The number of rotatable bonds is 9. The molecular weight excluding hydrogens is 480 g/mol. The minimum Gasteiger partial charge on any atom is -0.493 e. The van der Waals surface area contributed by atoms with Gasteiger partial charge in [0, 0.05) is 11.1 Å². The largest absolute Gasteiger partial charge is 0.493 e. The highest BCUT2D eigenvalue weighted by Gasteiger charge is 2.22. The van der Waals surface area contributed by atoms with E-state index in [-0.39, 0.29) is 5.56 Å². The van der Waals surface area contributed by atoms with Crippen molar-refractivity contribution < 1.29 is 38.3 Å². The molecule has 4 aromatic rings. The van der Waals surface area contributed by atoms with Gasteiger partial charge >= 0.3 is 5.97 Å². The van der Waals surface area contributed by atoms with Crippen LogP contribution in [0.4, 0.5) is 0 Å². The third-order valence-electron chi connectivity index (χ3n) is 5.79. The molecule has 1 N–H and O–H groups in total. The molecule has 0 saturated heterocycles. The van der Waals surface area contributed by atoms with Crippen LogP contribution in [0.25, 0.3) is 33.5 Å². The van der Waals surface area contributed by atoms with E-state index >= 15 is 0 Å². The number of carbonyl (C=O) groups is 1. The lowest BCUT2D eigenvalue weighted by Crippen LogP contribution is -2.02. The van der Waals surface area contributed by atoms with Gasteiger partial charge in [-0.3, -0.25) is 0 Å². The van der Waals surface area contributed by atoms with Gasteiger partial charge in [0.2, 0.25) is 11.5 Å². The number of carboxylic acids is 1. The number of benzene rings is 3. The molecule has 0 bridgehead atoms. The first-order chi connectivity index (χ1) is 17.9. The number of aromatic carboxylic acids is 1. The second-order valence-corrected chi connectivity index (χ2v) is 7.76. The summed E-state index contributed by atoms with van der Waals surface area (Å²) in [6, 6.07) is 11.6. The summed E-state index contributed by atoms with van der Waals surface area (Å²) in [4.78, 5) is 21.3. The highest BCUT2D eigenvalue weighted by molar-refractivity contribution is 5.94. The van der Waals surface area contributed by atoms with Gasteiger partial charge in [-0.25, -0.2) is 14.8 Å². The summed E-state index contributed by atoms with van der Waals surface area (Å²) >= 11 is 0. The summed E-state index contributed by atoms with van der Waals surface area (Å²) in [7, 11) is 9.14. The number of hydrogen-bond acceptors (Lipinski definition) is 9. The average Bonchev–Trinajstić information content (AvgIpc) is 2.94. The van der Waals surface area contributed by atoms with Crippen LogP contribution < -0.4 is 28.4 Å². The summed E-state index contributed by atoms with van der Waals surface area (Å²) in [5, 5.41) is 9.49. The average molecular weight is 507 g/mol. The van der Waals surface area contributed by atoms with Crippen LogP contribution in [0.5, 0.6) is 34.5 Å². The highest BCUT2D eigenvalue weighted by Crippen LogP contribution is 2.45. The Balaban J connectivity index is 2.09. The first-order valence-electron chi connectivity index (χ1n) is 11.0. The molecule has 3 aromatic carbocycles. The summed E-state index contributed by atoms with van der Waals surface area (Å²) < 4.78 is 33.1. The molecule has 1 aromatic heterocycles. The molecule has 0 saturated carbocycles. The summed E-state index contributed by atoms with van der Waals surface area (Å²) in [6.45, 7) is 0. The Morgan fingerprint density at radius 2 is 1.00 bits per heavy atom. The van der Waals surface area contributed by atoms with Crippen molar-refractivity contribution in [3.63, 3.8) is 0 Å². The van der Waals surface area contributed by atoms with E-state index in [0.29, 0.717) is 68.0 Å². The lowest BCUT2D eigenvalue weighted by Gasteiger charge is -2.17. The fourth-order valence-corrected chi connectivity index (χ4v) is 4.03. The Morgan fingerprint density at radius 3 is 1.35 bits per heavy atom. The Morgan fingerprint density at radius 1 is 0.595 bits per heavy atom. The molecule has 0 aliphatic heterocycles. The normalized spacial score (nSPS) is 10.6. The van der Waals surface area contributed by atoms with Crippen molar-refractivity contribution in [2.45, 2.75) is 0 Å². The van der Waals surface area contributed by atoms with E-state index in [4.69, 9.17) is 38.4 Å². The summed E-state index contributed by atoms with van der Waals surface area (Å²) in [5.41, 5.74) is 3.18. The van der Waals surface area contributed by atoms with Crippen molar-refractivity contribution >= 4 is 17.0 Å². The zero-order valence-corrected chi connectivity index (χ0v) is 21.2. The molecule has 4 rings (SSSR count). The Kier molecular flexibility index (Phi) is 7.19. The molecule has 10 nitrogen and oxygen atoms in total. The number of hydrogen-bond donors (Lipinski definition) is 1. The number of nitrogens with zero attached hydrogens (tertiary/aromatic N) is 2. The molecule has 192 valence electrons. The monoisotopic (exact) mass is 506 g/mol. The highest BCUT2D eigenvalue weighted by atomic mass is 16.5. The van der Waals surface area contributed by atoms with Gasteiger partial charge in [-0.2, -0.15) is 0 Å². The van der Waals surface area contributed by atoms with Gasteiger partial charge in [-0.05, 0) is 42.5 Å². The van der Waals surface area contributed by atoms with E-state index in [1.807, 2.05) is 0 Å². The Bertz CT molecular complexity index is 1440. The first-order valence-corrected chi connectivity index (χ1v) is 11.0. The topological polar surface area (TPSA) is 118 Å². The van der Waals surface area contributed by atoms with E-state index in [1.54, 1.807) is 30.3 Å². The fourth-order valence-electron chi connectivity index (χ4n) is 4.03. The second-order valence-electron chi connectivity index (χ2n) is 7.76. The molecule has 0 unspecified atom stereocenters. The molecule has 0 radical (unpaired) electrons. The van der Waals surface area contributed by atoms with Gasteiger partial charge in [0.15, 0.2) is 23.0 Å². The van der Waals surface area contributed by atoms with Gasteiger partial charge in [0.05, 0.1) is 70.6 Å². The zero-order chi connectivity index (χ0) is 26.7. The van der Waals surface area contributed by atoms with Crippen LogP contribution >= 0.6 is 0 Å². The van der Waals surface area contributed by atoms with Crippen LogP contribution in [0.2, 0.25) is 0 Å². The summed E-state index contributed by atoms with van der Waals surface area (Å²) in [6.07, 6.45) is 0. The third kappa shape index (κ3) is 4.61. The molecule has 10 heteroatoms. The standard InChI is InChI=1S/C27H26N2O8/c1-32-19-10-15(11-20(33-2)25(19)36-5)23-24(16-12-21(34-3)26(37-6)22(13-16)35-4)29-18-9-14(27(30)31)7-8-17(18)28-23/h7-13H,1-6H3,(H,30,31). The van der Waals surface area contributed by atoms with Gasteiger partial charge in [-0.15, -0.1) is 0 Å². The minimum absolute atomic E-state index is 0.0955. The predicted molar refractivity (Wildman–Crippen MR) is 137 cm³/mol. The van der Waals surface area contributed by atoms with Crippen molar-refractivity contribution in [1.82, 2.24) is 9.97 Å². The maximum Gasteiger partial charge on any atom is 0.335 e. The quantitative estimate of drug-likeness (QED) is 0.342. The smallest absolute Gasteiger partial charge is 0.335 e. The number of ether oxygens (including phenoxy) is 6.